The van der Waals surface area contributed by atoms with E-state index in [1.165, 1.54) is 0 Å². The van der Waals surface area contributed by atoms with Gasteiger partial charge in [-0.3, -0.25) is 4.79 Å². The van der Waals surface area contributed by atoms with Crippen molar-refractivity contribution < 1.29 is 9.53 Å². The summed E-state index contributed by atoms with van der Waals surface area (Å²) in [6, 6.07) is 14.8. The Bertz CT molecular complexity index is 1010. The Hall–Kier alpha value is -3.41. The van der Waals surface area contributed by atoms with Crippen molar-refractivity contribution in [3.05, 3.63) is 72.1 Å². The molecule has 1 aliphatic rings. The van der Waals surface area contributed by atoms with Crippen LogP contribution < -0.4 is 15.0 Å². The number of aryl methyl sites for hydroxylation is 1. The first kappa shape index (κ1) is 19.9. The molecule has 154 valence electrons. The molecule has 0 bridgehead atoms. The monoisotopic (exact) mass is 402 g/mol. The summed E-state index contributed by atoms with van der Waals surface area (Å²) in [6.07, 6.45) is 5.61. The van der Waals surface area contributed by atoms with Crippen molar-refractivity contribution in [3.63, 3.8) is 0 Å². The number of ether oxygens (including phenoxy) is 1. The van der Waals surface area contributed by atoms with Gasteiger partial charge in [0.1, 0.15) is 5.75 Å². The first-order valence-corrected chi connectivity index (χ1v) is 10.3. The number of carbonyl (C=O) groups excluding carboxylic acids is 1. The first-order chi connectivity index (χ1) is 14.6. The highest BCUT2D eigenvalue weighted by Crippen LogP contribution is 2.31. The average molecular weight is 402 g/mol. The molecule has 1 fully saturated rings. The molecule has 0 aliphatic carbocycles. The van der Waals surface area contributed by atoms with Gasteiger partial charge in [-0.15, -0.1) is 0 Å². The second-order valence-corrected chi connectivity index (χ2v) is 7.80. The van der Waals surface area contributed by atoms with Gasteiger partial charge in [0.25, 0.3) is 11.8 Å². The molecular formula is C24H26N4O2. The van der Waals surface area contributed by atoms with Gasteiger partial charge >= 0.3 is 0 Å². The Morgan fingerprint density at radius 3 is 2.53 bits per heavy atom. The Labute approximate surface area is 176 Å². The second kappa shape index (κ2) is 8.95. The number of hydrogen-bond donors (Lipinski definition) is 1. The van der Waals surface area contributed by atoms with Gasteiger partial charge in [-0.05, 0) is 67.6 Å². The van der Waals surface area contributed by atoms with Gasteiger partial charge in [-0.1, -0.05) is 19.1 Å². The summed E-state index contributed by atoms with van der Waals surface area (Å²) in [6.45, 7) is 6.18. The molecule has 1 N–H and O–H groups in total. The summed E-state index contributed by atoms with van der Waals surface area (Å²) < 4.78 is 6.01. The molecule has 1 amide bonds. The average Bonchev–Trinajstić information content (AvgIpc) is 2.75. The molecule has 30 heavy (non-hydrogen) atoms. The lowest BCUT2D eigenvalue weighted by Crippen LogP contribution is -2.33. The maximum absolute atomic E-state index is 12.5. The fourth-order valence-electron chi connectivity index (χ4n) is 3.54. The predicted octanol–water partition coefficient (Wildman–Crippen LogP) is 5.07. The third-order valence-corrected chi connectivity index (χ3v) is 5.34. The number of anilines is 2. The zero-order chi connectivity index (χ0) is 20.9. The minimum Gasteiger partial charge on any atom is -0.436 e. The number of aromatic nitrogens is 2. The molecular weight excluding hydrogens is 376 g/mol. The van der Waals surface area contributed by atoms with Crippen LogP contribution in [0, 0.1) is 12.8 Å². The number of nitrogens with one attached hydrogen (secondary N) is 1. The van der Waals surface area contributed by atoms with Crippen molar-refractivity contribution in [2.45, 2.75) is 26.7 Å². The fourth-order valence-corrected chi connectivity index (χ4v) is 3.54. The summed E-state index contributed by atoms with van der Waals surface area (Å²) in [5, 5.41) is 2.92. The third-order valence-electron chi connectivity index (χ3n) is 5.34. The number of carbonyl (C=O) groups is 1. The zero-order valence-electron chi connectivity index (χ0n) is 17.3. The van der Waals surface area contributed by atoms with Gasteiger partial charge < -0.3 is 15.0 Å². The number of benzene rings is 2. The van der Waals surface area contributed by atoms with Crippen molar-refractivity contribution >= 4 is 17.4 Å². The number of hydrogen-bond acceptors (Lipinski definition) is 5. The first-order valence-electron chi connectivity index (χ1n) is 10.3. The third kappa shape index (κ3) is 4.76. The molecule has 1 aromatic heterocycles. The Kier molecular flexibility index (Phi) is 5.93. The van der Waals surface area contributed by atoms with E-state index in [0.29, 0.717) is 17.2 Å². The van der Waals surface area contributed by atoms with E-state index in [-0.39, 0.29) is 5.91 Å². The Morgan fingerprint density at radius 2 is 1.80 bits per heavy atom. The predicted molar refractivity (Wildman–Crippen MR) is 118 cm³/mol. The van der Waals surface area contributed by atoms with Crippen LogP contribution in [-0.2, 0) is 0 Å². The molecule has 0 spiro atoms. The van der Waals surface area contributed by atoms with Crippen LogP contribution in [0.2, 0.25) is 0 Å². The minimum absolute atomic E-state index is 0.158. The topological polar surface area (TPSA) is 67.3 Å². The van der Waals surface area contributed by atoms with Gasteiger partial charge in [-0.2, -0.15) is 0 Å². The summed E-state index contributed by atoms with van der Waals surface area (Å²) in [5.41, 5.74) is 2.44. The van der Waals surface area contributed by atoms with Gasteiger partial charge in [-0.25, -0.2) is 9.97 Å². The largest absolute Gasteiger partial charge is 0.436 e. The van der Waals surface area contributed by atoms with Gasteiger partial charge in [0, 0.05) is 36.7 Å². The summed E-state index contributed by atoms with van der Waals surface area (Å²) >= 11 is 0. The summed E-state index contributed by atoms with van der Waals surface area (Å²) in [7, 11) is 0. The minimum atomic E-state index is -0.158. The van der Waals surface area contributed by atoms with Crippen molar-refractivity contribution in [1.29, 1.82) is 0 Å². The van der Waals surface area contributed by atoms with Gasteiger partial charge in [0.05, 0.1) is 0 Å². The zero-order valence-corrected chi connectivity index (χ0v) is 17.3. The summed E-state index contributed by atoms with van der Waals surface area (Å²) in [4.78, 5) is 23.6. The van der Waals surface area contributed by atoms with Crippen LogP contribution in [-0.4, -0.2) is 29.0 Å². The van der Waals surface area contributed by atoms with Crippen LogP contribution in [0.1, 0.15) is 35.7 Å². The van der Waals surface area contributed by atoms with Crippen LogP contribution in [0.5, 0.6) is 11.6 Å². The number of nitrogens with zero attached hydrogens (tertiary/aromatic N) is 3. The molecule has 4 rings (SSSR count). The normalized spacial score (nSPS) is 14.4. The lowest BCUT2D eigenvalue weighted by atomic mass is 9.99. The maximum atomic E-state index is 12.5. The fraction of sp³-hybridized carbons (Fsp3) is 0.292. The van der Waals surface area contributed by atoms with E-state index in [9.17, 15) is 4.79 Å². The second-order valence-electron chi connectivity index (χ2n) is 7.80. The van der Waals surface area contributed by atoms with E-state index in [4.69, 9.17) is 4.74 Å². The van der Waals surface area contributed by atoms with E-state index < -0.39 is 0 Å². The number of amides is 1. The Morgan fingerprint density at radius 1 is 1.07 bits per heavy atom. The van der Waals surface area contributed by atoms with Crippen molar-refractivity contribution in [1.82, 2.24) is 9.97 Å². The molecule has 1 saturated heterocycles. The van der Waals surface area contributed by atoms with E-state index in [0.717, 1.165) is 48.9 Å². The number of rotatable bonds is 5. The number of piperidine rings is 1. The standard InChI is InChI=1S/C24H26N4O2/c1-17-10-14-28(15-11-17)22-24(26-13-12-25-22)30-21-8-6-19(7-9-21)23(29)27-20-5-3-4-18(2)16-20/h3-9,12-13,16-17H,10-11,14-15H2,1-2H3,(H,27,29). The highest BCUT2D eigenvalue weighted by atomic mass is 16.5. The van der Waals surface area contributed by atoms with E-state index in [1.54, 1.807) is 36.7 Å². The van der Waals surface area contributed by atoms with E-state index in [2.05, 4.69) is 27.1 Å². The Balaban J connectivity index is 1.44. The van der Waals surface area contributed by atoms with Gasteiger partial charge in [0.2, 0.25) is 0 Å². The lowest BCUT2D eigenvalue weighted by molar-refractivity contribution is 0.102. The van der Waals surface area contributed by atoms with E-state index in [1.807, 2.05) is 31.2 Å². The maximum Gasteiger partial charge on any atom is 0.263 e. The molecule has 0 saturated carbocycles. The SMILES string of the molecule is Cc1cccc(NC(=O)c2ccc(Oc3nccnc3N3CCC(C)CC3)cc2)c1. The van der Waals surface area contributed by atoms with Crippen LogP contribution in [0.15, 0.2) is 60.9 Å². The van der Waals surface area contributed by atoms with Crippen LogP contribution in [0.3, 0.4) is 0 Å². The summed E-state index contributed by atoms with van der Waals surface area (Å²) in [5.74, 6) is 2.46. The molecule has 6 nitrogen and oxygen atoms in total. The molecule has 6 heteroatoms. The van der Waals surface area contributed by atoms with Crippen LogP contribution in [0.25, 0.3) is 0 Å². The molecule has 1 aliphatic heterocycles. The van der Waals surface area contributed by atoms with Gasteiger partial charge in [0.15, 0.2) is 5.82 Å². The molecule has 2 aromatic carbocycles. The highest BCUT2D eigenvalue weighted by Gasteiger charge is 2.21. The van der Waals surface area contributed by atoms with Crippen LogP contribution in [0.4, 0.5) is 11.5 Å². The lowest BCUT2D eigenvalue weighted by Gasteiger charge is -2.31. The van der Waals surface area contributed by atoms with E-state index >= 15 is 0 Å². The van der Waals surface area contributed by atoms with Crippen molar-refractivity contribution in [3.8, 4) is 11.6 Å². The quantitative estimate of drug-likeness (QED) is 0.646. The molecule has 3 aromatic rings. The smallest absolute Gasteiger partial charge is 0.263 e. The molecule has 2 heterocycles. The molecule has 0 unspecified atom stereocenters. The molecule has 0 radical (unpaired) electrons. The van der Waals surface area contributed by atoms with Crippen molar-refractivity contribution in [2.24, 2.45) is 5.92 Å². The molecule has 0 atom stereocenters. The van der Waals surface area contributed by atoms with Crippen molar-refractivity contribution in [2.75, 3.05) is 23.3 Å². The van der Waals surface area contributed by atoms with Crippen LogP contribution >= 0.6 is 0 Å². The highest BCUT2D eigenvalue weighted by molar-refractivity contribution is 6.04.